The van der Waals surface area contributed by atoms with E-state index in [0.29, 0.717) is 11.8 Å². The molecule has 0 aliphatic heterocycles. The van der Waals surface area contributed by atoms with Crippen molar-refractivity contribution in [2.24, 2.45) is 0 Å². The molecular formula is C15H21N3O3. The maximum Gasteiger partial charge on any atom is 0.233 e. The Morgan fingerprint density at radius 2 is 1.86 bits per heavy atom. The number of ether oxygens (including phenoxy) is 2. The van der Waals surface area contributed by atoms with Crippen molar-refractivity contribution in [1.29, 1.82) is 0 Å². The van der Waals surface area contributed by atoms with Gasteiger partial charge in [0.2, 0.25) is 11.8 Å². The standard InChI is InChI=1S/C15H21N3O3/c1-9(16-10(2)15-18-17-11(3)21-15)13-7-6-12(19-4)8-14(13)20-5/h6-10,16H,1-5H3/t9-,10-/m0/s1. The molecule has 0 aliphatic carbocycles. The minimum Gasteiger partial charge on any atom is -0.497 e. The lowest BCUT2D eigenvalue weighted by molar-refractivity contribution is 0.363. The van der Waals surface area contributed by atoms with Gasteiger partial charge >= 0.3 is 0 Å². The molecule has 2 rings (SSSR count). The van der Waals surface area contributed by atoms with E-state index in [1.54, 1.807) is 21.1 Å². The van der Waals surface area contributed by atoms with Gasteiger partial charge in [0.05, 0.1) is 20.3 Å². The summed E-state index contributed by atoms with van der Waals surface area (Å²) >= 11 is 0. The van der Waals surface area contributed by atoms with Crippen molar-refractivity contribution in [3.05, 3.63) is 35.5 Å². The van der Waals surface area contributed by atoms with Gasteiger partial charge < -0.3 is 13.9 Å². The maximum absolute atomic E-state index is 5.44. The van der Waals surface area contributed by atoms with Crippen LogP contribution in [-0.4, -0.2) is 24.4 Å². The second-order valence-corrected chi connectivity index (χ2v) is 4.88. The molecule has 1 heterocycles. The number of methoxy groups -OCH3 is 2. The zero-order valence-electron chi connectivity index (χ0n) is 13.0. The van der Waals surface area contributed by atoms with Gasteiger partial charge in [0.25, 0.3) is 0 Å². The topological polar surface area (TPSA) is 69.4 Å². The van der Waals surface area contributed by atoms with E-state index >= 15 is 0 Å². The maximum atomic E-state index is 5.44. The largest absolute Gasteiger partial charge is 0.497 e. The molecule has 0 unspecified atom stereocenters. The van der Waals surface area contributed by atoms with Crippen molar-refractivity contribution >= 4 is 0 Å². The normalized spacial score (nSPS) is 13.8. The molecule has 0 saturated carbocycles. The molecule has 1 aromatic heterocycles. The van der Waals surface area contributed by atoms with Gasteiger partial charge in [-0.05, 0) is 19.9 Å². The van der Waals surface area contributed by atoms with Gasteiger partial charge in [-0.15, -0.1) is 10.2 Å². The SMILES string of the molecule is COc1ccc([C@H](C)N[C@@H](C)c2nnc(C)o2)c(OC)c1. The van der Waals surface area contributed by atoms with Crippen LogP contribution in [0.5, 0.6) is 11.5 Å². The fourth-order valence-electron chi connectivity index (χ4n) is 2.20. The van der Waals surface area contributed by atoms with Crippen LogP contribution in [0.15, 0.2) is 22.6 Å². The van der Waals surface area contributed by atoms with Gasteiger partial charge in [-0.3, -0.25) is 5.32 Å². The molecule has 1 N–H and O–H groups in total. The van der Waals surface area contributed by atoms with Crippen molar-refractivity contribution in [3.8, 4) is 11.5 Å². The Bertz CT molecular complexity index is 598. The Kier molecular flexibility index (Phi) is 4.80. The van der Waals surface area contributed by atoms with Crippen LogP contribution in [0.1, 0.15) is 43.3 Å². The van der Waals surface area contributed by atoms with E-state index in [4.69, 9.17) is 13.9 Å². The summed E-state index contributed by atoms with van der Waals surface area (Å²) in [5.74, 6) is 2.69. The third-order valence-electron chi connectivity index (χ3n) is 3.32. The number of aromatic nitrogens is 2. The Hall–Kier alpha value is -2.08. The van der Waals surface area contributed by atoms with Crippen molar-refractivity contribution in [3.63, 3.8) is 0 Å². The molecule has 0 saturated heterocycles. The first-order valence-corrected chi connectivity index (χ1v) is 6.83. The molecule has 0 bridgehead atoms. The molecule has 0 radical (unpaired) electrons. The summed E-state index contributed by atoms with van der Waals surface area (Å²) in [7, 11) is 3.28. The van der Waals surface area contributed by atoms with Gasteiger partial charge in [0, 0.05) is 24.6 Å². The highest BCUT2D eigenvalue weighted by Gasteiger charge is 2.18. The number of nitrogens with zero attached hydrogens (tertiary/aromatic N) is 2. The zero-order chi connectivity index (χ0) is 15.4. The molecule has 0 aliphatic rings. The van der Waals surface area contributed by atoms with Crippen LogP contribution in [0.3, 0.4) is 0 Å². The summed E-state index contributed by atoms with van der Waals surface area (Å²) < 4.78 is 16.1. The Morgan fingerprint density at radius 3 is 2.43 bits per heavy atom. The lowest BCUT2D eigenvalue weighted by atomic mass is 10.1. The van der Waals surface area contributed by atoms with Crippen LogP contribution in [0, 0.1) is 6.92 Å². The first-order valence-electron chi connectivity index (χ1n) is 6.83. The predicted octanol–water partition coefficient (Wildman–Crippen LogP) is 2.81. The highest BCUT2D eigenvalue weighted by molar-refractivity contribution is 5.42. The van der Waals surface area contributed by atoms with Crippen LogP contribution in [0.2, 0.25) is 0 Å². The molecule has 6 nitrogen and oxygen atoms in total. The van der Waals surface area contributed by atoms with Gasteiger partial charge in [0.15, 0.2) is 0 Å². The van der Waals surface area contributed by atoms with E-state index < -0.39 is 0 Å². The summed E-state index contributed by atoms with van der Waals surface area (Å²) in [6.07, 6.45) is 0. The third-order valence-corrected chi connectivity index (χ3v) is 3.32. The summed E-state index contributed by atoms with van der Waals surface area (Å²) in [6, 6.07) is 5.79. The zero-order valence-corrected chi connectivity index (χ0v) is 13.0. The smallest absolute Gasteiger partial charge is 0.233 e. The number of hydrogen-bond donors (Lipinski definition) is 1. The molecule has 6 heteroatoms. The molecular weight excluding hydrogens is 270 g/mol. The fraction of sp³-hybridized carbons (Fsp3) is 0.467. The first kappa shape index (κ1) is 15.3. The summed E-state index contributed by atoms with van der Waals surface area (Å²) in [4.78, 5) is 0. The summed E-state index contributed by atoms with van der Waals surface area (Å²) in [6.45, 7) is 5.82. The Balaban J connectivity index is 2.14. The first-order chi connectivity index (χ1) is 10.0. The number of aryl methyl sites for hydroxylation is 1. The van der Waals surface area contributed by atoms with Gasteiger partial charge in [-0.25, -0.2) is 0 Å². The molecule has 2 aromatic rings. The number of benzene rings is 1. The Morgan fingerprint density at radius 1 is 1.10 bits per heavy atom. The van der Waals surface area contributed by atoms with Gasteiger partial charge in [-0.1, -0.05) is 6.07 Å². The molecule has 114 valence electrons. The van der Waals surface area contributed by atoms with Gasteiger partial charge in [-0.2, -0.15) is 0 Å². The van der Waals surface area contributed by atoms with Crippen molar-refractivity contribution < 1.29 is 13.9 Å². The lowest BCUT2D eigenvalue weighted by Crippen LogP contribution is -2.23. The highest BCUT2D eigenvalue weighted by Crippen LogP contribution is 2.30. The van der Waals surface area contributed by atoms with E-state index in [9.17, 15) is 0 Å². The van der Waals surface area contributed by atoms with E-state index in [2.05, 4.69) is 22.4 Å². The van der Waals surface area contributed by atoms with Crippen molar-refractivity contribution in [2.45, 2.75) is 32.9 Å². The van der Waals surface area contributed by atoms with Gasteiger partial charge in [0.1, 0.15) is 11.5 Å². The van der Waals surface area contributed by atoms with E-state index in [-0.39, 0.29) is 12.1 Å². The monoisotopic (exact) mass is 291 g/mol. The van der Waals surface area contributed by atoms with Crippen LogP contribution in [-0.2, 0) is 0 Å². The average Bonchev–Trinajstić information content (AvgIpc) is 2.93. The molecule has 0 spiro atoms. The minimum atomic E-state index is -0.0481. The highest BCUT2D eigenvalue weighted by atomic mass is 16.5. The number of rotatable bonds is 6. The average molecular weight is 291 g/mol. The molecule has 1 aromatic carbocycles. The van der Waals surface area contributed by atoms with Crippen LogP contribution >= 0.6 is 0 Å². The molecule has 2 atom stereocenters. The van der Waals surface area contributed by atoms with Crippen molar-refractivity contribution in [2.75, 3.05) is 14.2 Å². The second-order valence-electron chi connectivity index (χ2n) is 4.88. The summed E-state index contributed by atoms with van der Waals surface area (Å²) in [5.41, 5.74) is 1.04. The van der Waals surface area contributed by atoms with Crippen LogP contribution < -0.4 is 14.8 Å². The predicted molar refractivity (Wildman–Crippen MR) is 78.5 cm³/mol. The van der Waals surface area contributed by atoms with Crippen LogP contribution in [0.4, 0.5) is 0 Å². The van der Waals surface area contributed by atoms with Crippen molar-refractivity contribution in [1.82, 2.24) is 15.5 Å². The summed E-state index contributed by atoms with van der Waals surface area (Å²) in [5, 5.41) is 11.3. The number of hydrogen-bond acceptors (Lipinski definition) is 6. The number of nitrogens with one attached hydrogen (secondary N) is 1. The Labute approximate surface area is 124 Å². The van der Waals surface area contributed by atoms with E-state index in [1.807, 2.05) is 25.1 Å². The second kappa shape index (κ2) is 6.58. The quantitative estimate of drug-likeness (QED) is 0.882. The van der Waals surface area contributed by atoms with E-state index in [0.717, 1.165) is 17.1 Å². The molecule has 21 heavy (non-hydrogen) atoms. The minimum absolute atomic E-state index is 0.0481. The lowest BCUT2D eigenvalue weighted by Gasteiger charge is -2.20. The fourth-order valence-corrected chi connectivity index (χ4v) is 2.20. The van der Waals surface area contributed by atoms with E-state index in [1.165, 1.54) is 0 Å². The van der Waals surface area contributed by atoms with Crippen LogP contribution in [0.25, 0.3) is 0 Å². The third kappa shape index (κ3) is 3.52. The molecule has 0 amide bonds. The molecule has 0 fully saturated rings.